The first-order valence-corrected chi connectivity index (χ1v) is 11.0. The molecule has 5 heterocycles. The van der Waals surface area contributed by atoms with Crippen LogP contribution < -0.4 is 4.90 Å². The van der Waals surface area contributed by atoms with Crippen LogP contribution in [0.25, 0.3) is 17.0 Å². The van der Waals surface area contributed by atoms with Crippen LogP contribution in [0, 0.1) is 0 Å². The van der Waals surface area contributed by atoms with E-state index in [9.17, 15) is 8.42 Å². The monoisotopic (exact) mass is 414 g/mol. The van der Waals surface area contributed by atoms with Gasteiger partial charge in [0.25, 0.3) is 10.2 Å². The highest BCUT2D eigenvalue weighted by atomic mass is 32.2. The number of aromatic nitrogens is 5. The minimum Gasteiger partial charge on any atom is -0.352 e. The molecule has 3 aromatic heterocycles. The number of likely N-dealkylation sites (N-methyl/N-ethyl adjacent to an activating group) is 1. The van der Waals surface area contributed by atoms with E-state index in [1.54, 1.807) is 28.3 Å². The molecule has 0 unspecified atom stereocenters. The van der Waals surface area contributed by atoms with Crippen molar-refractivity contribution in [2.24, 2.45) is 0 Å². The Morgan fingerprint density at radius 2 is 1.90 bits per heavy atom. The molecule has 0 amide bonds. The third-order valence-electron chi connectivity index (χ3n) is 5.62. The molecule has 29 heavy (non-hydrogen) atoms. The average Bonchev–Trinajstić information content (AvgIpc) is 3.37. The molecule has 5 rings (SSSR count). The second kappa shape index (κ2) is 7.01. The molecular weight excluding hydrogens is 392 g/mol. The SMILES string of the molecule is CN(C1CN(c2ccc3nnc(-c4cccnc4)n3n2)C1)S(=O)(=O)N1CCCC1. The Balaban J connectivity index is 1.34. The van der Waals surface area contributed by atoms with Gasteiger partial charge in [0.05, 0.1) is 6.04 Å². The smallest absolute Gasteiger partial charge is 0.282 e. The standard InChI is InChI=1S/C18H22N8O2S/c1-23(29(27,28)25-9-2-3-10-25)15-12-24(13-15)17-7-6-16-20-21-18(26(16)22-17)14-5-4-8-19-11-14/h4-8,11,15H,2-3,9-10,12-13H2,1H3. The summed E-state index contributed by atoms with van der Waals surface area (Å²) >= 11 is 0. The number of hydrogen-bond acceptors (Lipinski definition) is 7. The van der Waals surface area contributed by atoms with Crippen molar-refractivity contribution < 1.29 is 8.42 Å². The van der Waals surface area contributed by atoms with E-state index in [2.05, 4.69) is 25.2 Å². The van der Waals surface area contributed by atoms with Gasteiger partial charge >= 0.3 is 0 Å². The number of rotatable bonds is 5. The summed E-state index contributed by atoms with van der Waals surface area (Å²) in [7, 11) is -1.71. The first-order chi connectivity index (χ1) is 14.0. The van der Waals surface area contributed by atoms with E-state index < -0.39 is 10.2 Å². The summed E-state index contributed by atoms with van der Waals surface area (Å²) in [5, 5.41) is 13.1. The van der Waals surface area contributed by atoms with Crippen LogP contribution in [0.1, 0.15) is 12.8 Å². The fourth-order valence-corrected chi connectivity index (χ4v) is 5.38. The Bertz CT molecular complexity index is 1120. The van der Waals surface area contributed by atoms with Crippen molar-refractivity contribution >= 4 is 21.7 Å². The van der Waals surface area contributed by atoms with Gasteiger partial charge in [-0.15, -0.1) is 15.3 Å². The predicted octanol–water partition coefficient (Wildman–Crippen LogP) is 0.647. The highest BCUT2D eigenvalue weighted by molar-refractivity contribution is 7.86. The Morgan fingerprint density at radius 1 is 1.10 bits per heavy atom. The molecule has 152 valence electrons. The molecule has 0 atom stereocenters. The highest BCUT2D eigenvalue weighted by Gasteiger charge is 2.39. The summed E-state index contributed by atoms with van der Waals surface area (Å²) in [6.07, 6.45) is 5.30. The van der Waals surface area contributed by atoms with Crippen molar-refractivity contribution in [3.63, 3.8) is 0 Å². The van der Waals surface area contributed by atoms with Gasteiger partial charge in [0.1, 0.15) is 5.82 Å². The molecule has 2 fully saturated rings. The fraction of sp³-hybridized carbons (Fsp3) is 0.444. The van der Waals surface area contributed by atoms with Crippen LogP contribution in [-0.2, 0) is 10.2 Å². The zero-order valence-corrected chi connectivity index (χ0v) is 16.9. The lowest BCUT2D eigenvalue weighted by molar-refractivity contribution is 0.287. The minimum absolute atomic E-state index is 0.0585. The van der Waals surface area contributed by atoms with Crippen LogP contribution in [0.2, 0.25) is 0 Å². The van der Waals surface area contributed by atoms with Crippen molar-refractivity contribution in [3.05, 3.63) is 36.7 Å². The summed E-state index contributed by atoms with van der Waals surface area (Å²) < 4.78 is 30.3. The van der Waals surface area contributed by atoms with Gasteiger partial charge in [0.2, 0.25) is 0 Å². The van der Waals surface area contributed by atoms with Gasteiger partial charge in [-0.25, -0.2) is 0 Å². The number of hydrogen-bond donors (Lipinski definition) is 0. The van der Waals surface area contributed by atoms with Crippen LogP contribution in [0.5, 0.6) is 0 Å². The lowest BCUT2D eigenvalue weighted by Gasteiger charge is -2.44. The molecule has 0 bridgehead atoms. The van der Waals surface area contributed by atoms with Gasteiger partial charge in [-0.3, -0.25) is 4.98 Å². The molecule has 11 heteroatoms. The maximum Gasteiger partial charge on any atom is 0.282 e. The molecule has 10 nitrogen and oxygen atoms in total. The fourth-order valence-electron chi connectivity index (χ4n) is 3.78. The van der Waals surface area contributed by atoms with Crippen LogP contribution >= 0.6 is 0 Å². The van der Waals surface area contributed by atoms with E-state index in [0.29, 0.717) is 37.7 Å². The summed E-state index contributed by atoms with van der Waals surface area (Å²) in [6.45, 7) is 2.44. The van der Waals surface area contributed by atoms with Crippen molar-refractivity contribution in [1.29, 1.82) is 0 Å². The van der Waals surface area contributed by atoms with Crippen LogP contribution in [-0.4, -0.2) is 81.1 Å². The molecule has 0 spiro atoms. The third-order valence-corrected chi connectivity index (χ3v) is 7.67. The maximum absolute atomic E-state index is 12.7. The zero-order valence-electron chi connectivity index (χ0n) is 16.1. The molecule has 3 aromatic rings. The maximum atomic E-state index is 12.7. The summed E-state index contributed by atoms with van der Waals surface area (Å²) in [5.41, 5.74) is 1.49. The van der Waals surface area contributed by atoms with E-state index in [1.165, 1.54) is 4.31 Å². The Kier molecular flexibility index (Phi) is 4.45. The normalized spacial score (nSPS) is 18.6. The number of pyridine rings is 1. The topological polar surface area (TPSA) is 99.8 Å². The average molecular weight is 414 g/mol. The number of fused-ring (bicyclic) bond motifs is 1. The number of nitrogens with zero attached hydrogens (tertiary/aromatic N) is 8. The van der Waals surface area contributed by atoms with Crippen molar-refractivity contribution in [2.75, 3.05) is 38.1 Å². The van der Waals surface area contributed by atoms with E-state index >= 15 is 0 Å². The van der Waals surface area contributed by atoms with Gasteiger partial charge in [0, 0.05) is 51.2 Å². The van der Waals surface area contributed by atoms with Crippen LogP contribution in [0.4, 0.5) is 5.82 Å². The Hall–Kier alpha value is -2.63. The van der Waals surface area contributed by atoms with E-state index in [1.807, 2.05) is 24.3 Å². The molecule has 2 aliphatic heterocycles. The molecule has 0 aromatic carbocycles. The molecule has 0 radical (unpaired) electrons. The second-order valence-corrected chi connectivity index (χ2v) is 9.40. The summed E-state index contributed by atoms with van der Waals surface area (Å²) in [5.74, 6) is 1.39. The predicted molar refractivity (Wildman–Crippen MR) is 108 cm³/mol. The van der Waals surface area contributed by atoms with Crippen molar-refractivity contribution in [1.82, 2.24) is 33.4 Å². The van der Waals surface area contributed by atoms with E-state index in [-0.39, 0.29) is 6.04 Å². The second-order valence-electron chi connectivity index (χ2n) is 7.42. The van der Waals surface area contributed by atoms with E-state index in [0.717, 1.165) is 24.2 Å². The van der Waals surface area contributed by atoms with Gasteiger partial charge in [-0.05, 0) is 37.1 Å². The van der Waals surface area contributed by atoms with Gasteiger partial charge < -0.3 is 4.90 Å². The lowest BCUT2D eigenvalue weighted by Crippen LogP contribution is -2.61. The molecule has 0 saturated carbocycles. The quantitative estimate of drug-likeness (QED) is 0.604. The van der Waals surface area contributed by atoms with Crippen molar-refractivity contribution in [3.8, 4) is 11.4 Å². The van der Waals surface area contributed by atoms with Gasteiger partial charge in [0.15, 0.2) is 11.5 Å². The molecule has 0 N–H and O–H groups in total. The van der Waals surface area contributed by atoms with Gasteiger partial charge in [-0.1, -0.05) is 0 Å². The highest BCUT2D eigenvalue weighted by Crippen LogP contribution is 2.26. The van der Waals surface area contributed by atoms with Gasteiger partial charge in [-0.2, -0.15) is 21.5 Å². The Labute approximate surface area is 169 Å². The Morgan fingerprint density at radius 3 is 2.62 bits per heavy atom. The summed E-state index contributed by atoms with van der Waals surface area (Å²) in [4.78, 5) is 6.19. The summed E-state index contributed by atoms with van der Waals surface area (Å²) in [6, 6.07) is 7.46. The van der Waals surface area contributed by atoms with Crippen LogP contribution in [0.15, 0.2) is 36.7 Å². The lowest BCUT2D eigenvalue weighted by atomic mass is 10.1. The van der Waals surface area contributed by atoms with Crippen molar-refractivity contribution in [2.45, 2.75) is 18.9 Å². The molecule has 2 saturated heterocycles. The molecular formula is C18H22N8O2S. The largest absolute Gasteiger partial charge is 0.352 e. The first kappa shape index (κ1) is 18.4. The minimum atomic E-state index is -3.39. The number of anilines is 1. The van der Waals surface area contributed by atoms with E-state index in [4.69, 9.17) is 0 Å². The van der Waals surface area contributed by atoms with Crippen LogP contribution in [0.3, 0.4) is 0 Å². The molecule has 2 aliphatic rings. The molecule has 0 aliphatic carbocycles. The third kappa shape index (κ3) is 3.15. The zero-order chi connectivity index (χ0) is 20.0. The first-order valence-electron chi connectivity index (χ1n) is 9.65.